The van der Waals surface area contributed by atoms with Gasteiger partial charge in [-0.15, -0.1) is 0 Å². The number of carbonyl (C=O) groups excluding carboxylic acids is 1. The van der Waals surface area contributed by atoms with Crippen LogP contribution in [0.15, 0.2) is 58.2 Å². The molecule has 0 saturated carbocycles. The SMILES string of the molecule is COc1ccc(N2C[C@@H](C)N(C(=O)OC(C)(C)C)[C@@H](C)C2)nc1NS(=O)(=O)c1ccc(-c2ccoc2)cc1Cl. The van der Waals surface area contributed by atoms with Crippen LogP contribution >= 0.6 is 11.6 Å². The number of sulfonamides is 1. The summed E-state index contributed by atoms with van der Waals surface area (Å²) in [5.41, 5.74) is 0.902. The predicted octanol–water partition coefficient (Wildman–Crippen LogP) is 5.64. The first kappa shape index (κ1) is 28.6. The van der Waals surface area contributed by atoms with Crippen molar-refractivity contribution in [2.24, 2.45) is 0 Å². The Morgan fingerprint density at radius 1 is 1.10 bits per heavy atom. The lowest BCUT2D eigenvalue weighted by Gasteiger charge is -2.45. The van der Waals surface area contributed by atoms with Crippen molar-refractivity contribution in [3.63, 3.8) is 0 Å². The molecule has 1 saturated heterocycles. The first-order valence-corrected chi connectivity index (χ1v) is 14.3. The molecule has 0 spiro atoms. The van der Waals surface area contributed by atoms with Crippen LogP contribution in [0.4, 0.5) is 16.4 Å². The fourth-order valence-electron chi connectivity index (χ4n) is 4.54. The highest BCUT2D eigenvalue weighted by atomic mass is 35.5. The van der Waals surface area contributed by atoms with Gasteiger partial charge in [0, 0.05) is 18.7 Å². The zero-order chi connectivity index (χ0) is 28.5. The molecule has 1 aromatic carbocycles. The van der Waals surface area contributed by atoms with Gasteiger partial charge in [0.05, 0.1) is 36.7 Å². The van der Waals surface area contributed by atoms with Crippen LogP contribution < -0.4 is 14.4 Å². The molecule has 0 aliphatic carbocycles. The van der Waals surface area contributed by atoms with E-state index in [9.17, 15) is 13.2 Å². The van der Waals surface area contributed by atoms with Crippen molar-refractivity contribution in [3.8, 4) is 16.9 Å². The van der Waals surface area contributed by atoms with Crippen molar-refractivity contribution in [3.05, 3.63) is 53.9 Å². The fourth-order valence-corrected chi connectivity index (χ4v) is 6.10. The third-order valence-corrected chi connectivity index (χ3v) is 8.04. The van der Waals surface area contributed by atoms with E-state index in [0.717, 1.165) is 11.1 Å². The summed E-state index contributed by atoms with van der Waals surface area (Å²) >= 11 is 6.38. The lowest BCUT2D eigenvalue weighted by atomic mass is 10.1. The van der Waals surface area contributed by atoms with Gasteiger partial charge in [-0.1, -0.05) is 17.7 Å². The number of furan rings is 1. The zero-order valence-corrected chi connectivity index (χ0v) is 24.3. The Kier molecular flexibility index (Phi) is 8.04. The van der Waals surface area contributed by atoms with E-state index in [4.69, 9.17) is 25.5 Å². The Labute approximate surface area is 233 Å². The number of methoxy groups -OCH3 is 1. The second kappa shape index (κ2) is 11.0. The monoisotopic (exact) mass is 576 g/mol. The average molecular weight is 577 g/mol. The smallest absolute Gasteiger partial charge is 0.410 e. The molecule has 10 nitrogen and oxygen atoms in total. The number of aromatic nitrogens is 1. The molecule has 3 aromatic rings. The molecule has 0 bridgehead atoms. The Bertz CT molecular complexity index is 1430. The van der Waals surface area contributed by atoms with Gasteiger partial charge in [0.25, 0.3) is 10.0 Å². The van der Waals surface area contributed by atoms with Crippen molar-refractivity contribution in [1.82, 2.24) is 9.88 Å². The van der Waals surface area contributed by atoms with Gasteiger partial charge in [-0.2, -0.15) is 0 Å². The number of hydrogen-bond acceptors (Lipinski definition) is 8. The number of hydrogen-bond donors (Lipinski definition) is 1. The molecule has 39 heavy (non-hydrogen) atoms. The molecule has 1 aliphatic rings. The van der Waals surface area contributed by atoms with E-state index >= 15 is 0 Å². The van der Waals surface area contributed by atoms with Gasteiger partial charge in [0.2, 0.25) is 0 Å². The highest BCUT2D eigenvalue weighted by molar-refractivity contribution is 7.92. The second-order valence-corrected chi connectivity index (χ2v) is 12.5. The Morgan fingerprint density at radius 2 is 1.79 bits per heavy atom. The molecule has 1 amide bonds. The topological polar surface area (TPSA) is 114 Å². The van der Waals surface area contributed by atoms with E-state index in [1.165, 1.54) is 19.4 Å². The van der Waals surface area contributed by atoms with E-state index in [1.807, 2.05) is 39.5 Å². The summed E-state index contributed by atoms with van der Waals surface area (Å²) in [6.45, 7) is 10.3. The van der Waals surface area contributed by atoms with Crippen LogP contribution in [-0.4, -0.2) is 62.3 Å². The maximum Gasteiger partial charge on any atom is 0.410 e. The van der Waals surface area contributed by atoms with E-state index in [-0.39, 0.29) is 39.7 Å². The summed E-state index contributed by atoms with van der Waals surface area (Å²) in [6.07, 6.45) is 2.71. The van der Waals surface area contributed by atoms with Crippen molar-refractivity contribution >= 4 is 39.4 Å². The molecular formula is C27H33ClN4O6S. The quantitative estimate of drug-likeness (QED) is 0.401. The number of pyridine rings is 1. The number of benzene rings is 1. The first-order valence-electron chi connectivity index (χ1n) is 12.5. The molecule has 4 rings (SSSR count). The molecule has 2 aromatic heterocycles. The number of nitrogens with zero attached hydrogens (tertiary/aromatic N) is 3. The molecule has 0 radical (unpaired) electrons. The van der Waals surface area contributed by atoms with Crippen LogP contribution in [0.25, 0.3) is 11.1 Å². The van der Waals surface area contributed by atoms with Gasteiger partial charge >= 0.3 is 6.09 Å². The Morgan fingerprint density at radius 3 is 2.36 bits per heavy atom. The second-order valence-electron chi connectivity index (χ2n) is 10.5. The highest BCUT2D eigenvalue weighted by Gasteiger charge is 2.36. The predicted molar refractivity (Wildman–Crippen MR) is 150 cm³/mol. The Balaban J connectivity index is 1.56. The normalized spacial score (nSPS) is 18.1. The number of ether oxygens (including phenoxy) is 2. The molecule has 12 heteroatoms. The summed E-state index contributed by atoms with van der Waals surface area (Å²) in [5, 5.41) is 0.0530. The van der Waals surface area contributed by atoms with E-state index in [1.54, 1.807) is 41.5 Å². The summed E-state index contributed by atoms with van der Waals surface area (Å²) in [6, 6.07) is 9.48. The maximum absolute atomic E-state index is 13.3. The minimum atomic E-state index is -4.10. The van der Waals surface area contributed by atoms with Crippen LogP contribution in [0.3, 0.4) is 0 Å². The van der Waals surface area contributed by atoms with Crippen molar-refractivity contribution in [1.29, 1.82) is 0 Å². The van der Waals surface area contributed by atoms with Gasteiger partial charge in [0.15, 0.2) is 11.6 Å². The molecule has 1 fully saturated rings. The standard InChI is InChI=1S/C27H33ClN4O6S/c1-17-14-31(15-18(2)32(17)26(33)38-27(3,4)5)24-10-8-22(36-6)25(29-24)30-39(34,35)23-9-7-19(13-21(23)28)20-11-12-37-16-20/h7-13,16-18H,14-15H2,1-6H3,(H,29,30)/t17-,18+. The summed E-state index contributed by atoms with van der Waals surface area (Å²) in [4.78, 5) is 21.0. The van der Waals surface area contributed by atoms with Gasteiger partial charge in [0.1, 0.15) is 16.3 Å². The number of halogens is 1. The molecular weight excluding hydrogens is 544 g/mol. The minimum Gasteiger partial charge on any atom is -0.493 e. The van der Waals surface area contributed by atoms with Gasteiger partial charge in [-0.3, -0.25) is 9.62 Å². The van der Waals surface area contributed by atoms with Gasteiger partial charge in [-0.05, 0) is 70.5 Å². The fraction of sp³-hybridized carbons (Fsp3) is 0.407. The van der Waals surface area contributed by atoms with Gasteiger partial charge < -0.3 is 18.8 Å². The van der Waals surface area contributed by atoms with Crippen molar-refractivity contribution in [2.45, 2.75) is 57.2 Å². The highest BCUT2D eigenvalue weighted by Crippen LogP contribution is 2.33. The number of carbonyl (C=O) groups is 1. The lowest BCUT2D eigenvalue weighted by molar-refractivity contribution is 0.00560. The van der Waals surface area contributed by atoms with Crippen LogP contribution in [-0.2, 0) is 14.8 Å². The number of anilines is 2. The van der Waals surface area contributed by atoms with Crippen LogP contribution in [0, 0.1) is 0 Å². The van der Waals surface area contributed by atoms with E-state index < -0.39 is 15.6 Å². The molecule has 2 atom stereocenters. The summed E-state index contributed by atoms with van der Waals surface area (Å²) in [7, 11) is -2.67. The zero-order valence-electron chi connectivity index (χ0n) is 22.8. The minimum absolute atomic E-state index is 0.0276. The molecule has 1 aliphatic heterocycles. The summed E-state index contributed by atoms with van der Waals surface area (Å²) in [5.74, 6) is 0.819. The van der Waals surface area contributed by atoms with E-state index in [2.05, 4.69) is 9.71 Å². The van der Waals surface area contributed by atoms with Crippen molar-refractivity contribution in [2.75, 3.05) is 29.8 Å². The molecule has 0 unspecified atom stereocenters. The lowest BCUT2D eigenvalue weighted by Crippen LogP contribution is -2.59. The third kappa shape index (κ3) is 6.42. The van der Waals surface area contributed by atoms with E-state index in [0.29, 0.717) is 18.9 Å². The average Bonchev–Trinajstić information content (AvgIpc) is 3.37. The number of piperazine rings is 1. The van der Waals surface area contributed by atoms with Crippen LogP contribution in [0.1, 0.15) is 34.6 Å². The Hall–Kier alpha value is -3.44. The number of rotatable bonds is 6. The van der Waals surface area contributed by atoms with Crippen LogP contribution in [0.2, 0.25) is 5.02 Å². The number of nitrogens with one attached hydrogen (secondary N) is 1. The van der Waals surface area contributed by atoms with Gasteiger partial charge in [-0.25, -0.2) is 18.2 Å². The molecule has 3 heterocycles. The maximum atomic E-state index is 13.3. The molecule has 1 N–H and O–H groups in total. The summed E-state index contributed by atoms with van der Waals surface area (Å²) < 4.78 is 45.3. The largest absolute Gasteiger partial charge is 0.493 e. The van der Waals surface area contributed by atoms with Crippen LogP contribution in [0.5, 0.6) is 5.75 Å². The number of amides is 1. The third-order valence-electron chi connectivity index (χ3n) is 6.22. The molecule has 210 valence electrons. The first-order chi connectivity index (χ1) is 18.3. The van der Waals surface area contributed by atoms with Crippen molar-refractivity contribution < 1.29 is 27.1 Å².